The molecule has 1 fully saturated rings. The van der Waals surface area contributed by atoms with Crippen molar-refractivity contribution in [3.8, 4) is 5.75 Å². The second-order valence-electron chi connectivity index (χ2n) is 7.12. The van der Waals surface area contributed by atoms with Crippen LogP contribution < -0.4 is 9.64 Å². The number of aromatic nitrogens is 1. The summed E-state index contributed by atoms with van der Waals surface area (Å²) in [6.45, 7) is 4.52. The Balaban J connectivity index is 1.45. The molecule has 6 nitrogen and oxygen atoms in total. The van der Waals surface area contributed by atoms with E-state index in [4.69, 9.17) is 9.26 Å². The number of ether oxygens (including phenoxy) is 1. The first-order chi connectivity index (χ1) is 14.5. The first-order valence-corrected chi connectivity index (χ1v) is 10.8. The number of amides is 1. The summed E-state index contributed by atoms with van der Waals surface area (Å²) >= 11 is 1.55. The fourth-order valence-corrected chi connectivity index (χ4v) is 4.59. The Labute approximate surface area is 179 Å². The lowest BCUT2D eigenvalue weighted by molar-refractivity contribution is -0.117. The summed E-state index contributed by atoms with van der Waals surface area (Å²) in [5, 5.41) is 3.98. The van der Waals surface area contributed by atoms with Gasteiger partial charge in [-0.25, -0.2) is 4.79 Å². The number of rotatable bonds is 6. The molecule has 4 rings (SSSR count). The van der Waals surface area contributed by atoms with Gasteiger partial charge >= 0.3 is 5.97 Å². The summed E-state index contributed by atoms with van der Waals surface area (Å²) in [5.74, 6) is 1.60. The molecular weight excluding hydrogens is 400 g/mol. The lowest BCUT2D eigenvalue weighted by atomic mass is 10.2. The van der Waals surface area contributed by atoms with Gasteiger partial charge in [-0.2, -0.15) is 0 Å². The number of esters is 1. The number of thioether (sulfide) groups is 1. The van der Waals surface area contributed by atoms with Gasteiger partial charge in [0.25, 0.3) is 0 Å². The standard InChI is InChI=1S/C23H22N2O4S/c1-15-20(16(2)29-24-15)14-30-21-7-4-3-6-19(21)23(27)28-18-11-9-17(10-12-18)25-13-5-8-22(25)26/h3-4,6-7,9-12H,5,8,13-14H2,1-2H3. The average Bonchev–Trinajstić information content (AvgIpc) is 3.32. The van der Waals surface area contributed by atoms with Gasteiger partial charge in [0.2, 0.25) is 5.91 Å². The van der Waals surface area contributed by atoms with E-state index in [1.807, 2.05) is 44.2 Å². The predicted molar refractivity (Wildman–Crippen MR) is 115 cm³/mol. The summed E-state index contributed by atoms with van der Waals surface area (Å²) < 4.78 is 10.8. The summed E-state index contributed by atoms with van der Waals surface area (Å²) in [6, 6.07) is 14.4. The van der Waals surface area contributed by atoms with Crippen LogP contribution in [-0.2, 0) is 10.5 Å². The second kappa shape index (κ2) is 8.75. The van der Waals surface area contributed by atoms with Gasteiger partial charge in [-0.3, -0.25) is 4.79 Å². The Bertz CT molecular complexity index is 1060. The van der Waals surface area contributed by atoms with E-state index >= 15 is 0 Å². The molecule has 7 heteroatoms. The van der Waals surface area contributed by atoms with Crippen LogP contribution in [-0.4, -0.2) is 23.6 Å². The van der Waals surface area contributed by atoms with Crippen LogP contribution in [0.3, 0.4) is 0 Å². The van der Waals surface area contributed by atoms with Crippen LogP contribution in [0.2, 0.25) is 0 Å². The molecule has 0 aliphatic carbocycles. The molecule has 3 aromatic rings. The molecule has 1 aliphatic rings. The summed E-state index contributed by atoms with van der Waals surface area (Å²) in [4.78, 5) is 27.3. The molecular formula is C23H22N2O4S. The highest BCUT2D eigenvalue weighted by molar-refractivity contribution is 7.98. The van der Waals surface area contributed by atoms with E-state index in [0.29, 0.717) is 23.5 Å². The molecule has 2 heterocycles. The fourth-order valence-electron chi connectivity index (χ4n) is 3.40. The van der Waals surface area contributed by atoms with Crippen molar-refractivity contribution in [2.45, 2.75) is 37.3 Å². The number of carbonyl (C=O) groups excluding carboxylic acids is 2. The molecule has 0 spiro atoms. The van der Waals surface area contributed by atoms with Crippen LogP contribution in [0.5, 0.6) is 5.75 Å². The molecule has 154 valence electrons. The second-order valence-corrected chi connectivity index (χ2v) is 8.14. The van der Waals surface area contributed by atoms with Crippen molar-refractivity contribution in [2.24, 2.45) is 0 Å². The van der Waals surface area contributed by atoms with Gasteiger partial charge in [0, 0.05) is 34.9 Å². The molecule has 30 heavy (non-hydrogen) atoms. The molecule has 1 aromatic heterocycles. The summed E-state index contributed by atoms with van der Waals surface area (Å²) in [5.41, 5.74) is 3.23. The smallest absolute Gasteiger partial charge is 0.344 e. The molecule has 1 amide bonds. The fraction of sp³-hybridized carbons (Fsp3) is 0.261. The number of aryl methyl sites for hydroxylation is 2. The number of hydrogen-bond acceptors (Lipinski definition) is 6. The SMILES string of the molecule is Cc1noc(C)c1CSc1ccccc1C(=O)Oc1ccc(N2CCCC2=O)cc1. The van der Waals surface area contributed by atoms with Gasteiger partial charge in [0.1, 0.15) is 11.5 Å². The highest BCUT2D eigenvalue weighted by atomic mass is 32.2. The topological polar surface area (TPSA) is 72.6 Å². The molecule has 0 N–H and O–H groups in total. The zero-order chi connectivity index (χ0) is 21.1. The Morgan fingerprint density at radius 1 is 1.17 bits per heavy atom. The Morgan fingerprint density at radius 3 is 2.60 bits per heavy atom. The van der Waals surface area contributed by atoms with Crippen molar-refractivity contribution in [1.29, 1.82) is 0 Å². The summed E-state index contributed by atoms with van der Waals surface area (Å²) in [7, 11) is 0. The molecule has 1 saturated heterocycles. The average molecular weight is 423 g/mol. The van der Waals surface area contributed by atoms with E-state index in [1.54, 1.807) is 34.9 Å². The van der Waals surface area contributed by atoms with Crippen LogP contribution in [0, 0.1) is 13.8 Å². The third-order valence-corrected chi connectivity index (χ3v) is 6.19. The first-order valence-electron chi connectivity index (χ1n) is 9.79. The Morgan fingerprint density at radius 2 is 1.93 bits per heavy atom. The molecule has 2 aromatic carbocycles. The van der Waals surface area contributed by atoms with E-state index < -0.39 is 5.97 Å². The summed E-state index contributed by atoms with van der Waals surface area (Å²) in [6.07, 6.45) is 1.46. The maximum atomic E-state index is 12.8. The van der Waals surface area contributed by atoms with Crippen molar-refractivity contribution < 1.29 is 18.8 Å². The molecule has 0 unspecified atom stereocenters. The van der Waals surface area contributed by atoms with E-state index in [1.165, 1.54) is 0 Å². The van der Waals surface area contributed by atoms with Crippen molar-refractivity contribution >= 4 is 29.3 Å². The zero-order valence-corrected chi connectivity index (χ0v) is 17.7. The van der Waals surface area contributed by atoms with Crippen LogP contribution >= 0.6 is 11.8 Å². The van der Waals surface area contributed by atoms with Crippen LogP contribution in [0.15, 0.2) is 57.9 Å². The third kappa shape index (κ3) is 4.26. The van der Waals surface area contributed by atoms with Crippen LogP contribution in [0.25, 0.3) is 0 Å². The lowest BCUT2D eigenvalue weighted by Crippen LogP contribution is -2.23. The lowest BCUT2D eigenvalue weighted by Gasteiger charge is -2.16. The van der Waals surface area contributed by atoms with Gasteiger partial charge in [-0.15, -0.1) is 11.8 Å². The van der Waals surface area contributed by atoms with Crippen molar-refractivity contribution in [2.75, 3.05) is 11.4 Å². The van der Waals surface area contributed by atoms with Crippen LogP contribution in [0.4, 0.5) is 5.69 Å². The van der Waals surface area contributed by atoms with E-state index in [9.17, 15) is 9.59 Å². The van der Waals surface area contributed by atoms with Gasteiger partial charge in [-0.05, 0) is 56.7 Å². The minimum Gasteiger partial charge on any atom is -0.423 e. The highest BCUT2D eigenvalue weighted by Gasteiger charge is 2.22. The van der Waals surface area contributed by atoms with Gasteiger partial charge < -0.3 is 14.2 Å². The third-order valence-electron chi connectivity index (χ3n) is 5.09. The first kappa shape index (κ1) is 20.2. The van der Waals surface area contributed by atoms with Gasteiger partial charge in [0.15, 0.2) is 0 Å². The molecule has 0 bridgehead atoms. The predicted octanol–water partition coefficient (Wildman–Crippen LogP) is 4.93. The van der Waals surface area contributed by atoms with E-state index in [-0.39, 0.29) is 5.91 Å². The quantitative estimate of drug-likeness (QED) is 0.319. The van der Waals surface area contributed by atoms with Gasteiger partial charge in [0.05, 0.1) is 11.3 Å². The van der Waals surface area contributed by atoms with Crippen molar-refractivity contribution in [3.05, 3.63) is 71.1 Å². The number of carbonyl (C=O) groups is 2. The minimum absolute atomic E-state index is 0.129. The number of benzene rings is 2. The Kier molecular flexibility index (Phi) is 5.90. The molecule has 0 atom stereocenters. The zero-order valence-electron chi connectivity index (χ0n) is 16.9. The monoisotopic (exact) mass is 422 g/mol. The van der Waals surface area contributed by atoms with Gasteiger partial charge in [-0.1, -0.05) is 17.3 Å². The molecule has 0 saturated carbocycles. The van der Waals surface area contributed by atoms with Crippen molar-refractivity contribution in [1.82, 2.24) is 5.16 Å². The Hall–Kier alpha value is -3.06. The number of hydrogen-bond donors (Lipinski definition) is 0. The highest BCUT2D eigenvalue weighted by Crippen LogP contribution is 2.30. The largest absolute Gasteiger partial charge is 0.423 e. The minimum atomic E-state index is -0.415. The van der Waals surface area contributed by atoms with E-state index in [0.717, 1.165) is 40.6 Å². The molecule has 0 radical (unpaired) electrons. The number of anilines is 1. The van der Waals surface area contributed by atoms with Crippen LogP contribution in [0.1, 0.15) is 40.2 Å². The maximum Gasteiger partial charge on any atom is 0.344 e. The number of nitrogens with zero attached hydrogens (tertiary/aromatic N) is 2. The maximum absolute atomic E-state index is 12.8. The molecule has 1 aliphatic heterocycles. The normalized spacial score (nSPS) is 13.7. The van der Waals surface area contributed by atoms with E-state index in [2.05, 4.69) is 5.16 Å². The van der Waals surface area contributed by atoms with Crippen molar-refractivity contribution in [3.63, 3.8) is 0 Å².